The molecule has 0 radical (unpaired) electrons. The van der Waals surface area contributed by atoms with Crippen LogP contribution in [-0.2, 0) is 9.47 Å². The van der Waals surface area contributed by atoms with Gasteiger partial charge >= 0.3 is 0 Å². The van der Waals surface area contributed by atoms with Gasteiger partial charge in [-0.3, -0.25) is 0 Å². The molecule has 0 bridgehead atoms. The number of methoxy groups -OCH3 is 1. The highest BCUT2D eigenvalue weighted by molar-refractivity contribution is 5.19. The van der Waals surface area contributed by atoms with Crippen molar-refractivity contribution in [2.24, 2.45) is 0 Å². The molecule has 0 spiro atoms. The van der Waals surface area contributed by atoms with Crippen LogP contribution in [0.5, 0.6) is 0 Å². The van der Waals surface area contributed by atoms with E-state index in [1.165, 1.54) is 0 Å². The van der Waals surface area contributed by atoms with Crippen molar-refractivity contribution in [1.29, 1.82) is 0 Å². The summed E-state index contributed by atoms with van der Waals surface area (Å²) in [4.78, 5) is 0. The molecule has 0 heterocycles. The maximum Gasteiger partial charge on any atom is 0.183 e. The SMILES string of the molecule is CC=C(/C=C\C)C(OC)OCC. The summed E-state index contributed by atoms with van der Waals surface area (Å²) in [5.41, 5.74) is 1.06. The third-order valence-corrected chi connectivity index (χ3v) is 1.50. The number of hydrogen-bond acceptors (Lipinski definition) is 2. The summed E-state index contributed by atoms with van der Waals surface area (Å²) in [6.45, 7) is 6.56. The van der Waals surface area contributed by atoms with E-state index in [2.05, 4.69) is 0 Å². The molecule has 0 aromatic rings. The Morgan fingerprint density at radius 2 is 2.08 bits per heavy atom. The molecule has 1 unspecified atom stereocenters. The van der Waals surface area contributed by atoms with Crippen molar-refractivity contribution in [3.05, 3.63) is 23.8 Å². The Bertz CT molecular complexity index is 159. The van der Waals surface area contributed by atoms with E-state index in [0.29, 0.717) is 6.61 Å². The molecule has 0 saturated heterocycles. The molecule has 2 nitrogen and oxygen atoms in total. The lowest BCUT2D eigenvalue weighted by molar-refractivity contribution is -0.0916. The van der Waals surface area contributed by atoms with Crippen molar-refractivity contribution in [2.45, 2.75) is 27.1 Å². The van der Waals surface area contributed by atoms with Gasteiger partial charge in [-0.1, -0.05) is 18.2 Å². The van der Waals surface area contributed by atoms with E-state index in [9.17, 15) is 0 Å². The minimum Gasteiger partial charge on any atom is -0.352 e. The van der Waals surface area contributed by atoms with Crippen molar-refractivity contribution < 1.29 is 9.47 Å². The normalized spacial score (nSPS) is 15.5. The number of ether oxygens (including phenoxy) is 2. The van der Waals surface area contributed by atoms with Crippen LogP contribution in [0.15, 0.2) is 23.8 Å². The molecular formula is C10H18O2. The zero-order valence-electron chi connectivity index (χ0n) is 8.33. The fourth-order valence-electron chi connectivity index (χ4n) is 0.955. The Balaban J connectivity index is 4.24. The van der Waals surface area contributed by atoms with Gasteiger partial charge in [0.1, 0.15) is 0 Å². The van der Waals surface area contributed by atoms with Gasteiger partial charge in [-0.15, -0.1) is 0 Å². The first-order valence-electron chi connectivity index (χ1n) is 4.23. The third kappa shape index (κ3) is 3.69. The van der Waals surface area contributed by atoms with Gasteiger partial charge in [-0.05, 0) is 20.8 Å². The van der Waals surface area contributed by atoms with Crippen molar-refractivity contribution in [2.75, 3.05) is 13.7 Å². The zero-order chi connectivity index (χ0) is 9.40. The van der Waals surface area contributed by atoms with Crippen LogP contribution in [0.1, 0.15) is 20.8 Å². The molecule has 0 N–H and O–H groups in total. The Morgan fingerprint density at radius 3 is 2.42 bits per heavy atom. The summed E-state index contributed by atoms with van der Waals surface area (Å²) < 4.78 is 10.5. The predicted molar refractivity (Wildman–Crippen MR) is 51.0 cm³/mol. The first kappa shape index (κ1) is 11.4. The van der Waals surface area contributed by atoms with E-state index < -0.39 is 0 Å². The Morgan fingerprint density at radius 1 is 1.42 bits per heavy atom. The lowest BCUT2D eigenvalue weighted by Gasteiger charge is -2.15. The van der Waals surface area contributed by atoms with Crippen LogP contribution in [0.2, 0.25) is 0 Å². The van der Waals surface area contributed by atoms with Crippen LogP contribution in [0.4, 0.5) is 0 Å². The first-order chi connectivity index (χ1) is 5.79. The second-order valence-corrected chi connectivity index (χ2v) is 2.31. The molecule has 0 aliphatic carbocycles. The average Bonchev–Trinajstić information content (AvgIpc) is 2.11. The molecule has 2 heteroatoms. The Hall–Kier alpha value is -0.600. The summed E-state index contributed by atoms with van der Waals surface area (Å²) >= 11 is 0. The van der Waals surface area contributed by atoms with E-state index in [4.69, 9.17) is 9.47 Å². The molecule has 0 aromatic carbocycles. The Kier molecular flexibility index (Phi) is 6.72. The quantitative estimate of drug-likeness (QED) is 0.466. The van der Waals surface area contributed by atoms with E-state index in [-0.39, 0.29) is 6.29 Å². The summed E-state index contributed by atoms with van der Waals surface area (Å²) in [6.07, 6.45) is 5.73. The van der Waals surface area contributed by atoms with E-state index in [0.717, 1.165) is 5.57 Å². The van der Waals surface area contributed by atoms with Crippen molar-refractivity contribution in [3.63, 3.8) is 0 Å². The summed E-state index contributed by atoms with van der Waals surface area (Å²) in [5.74, 6) is 0. The fraction of sp³-hybridized carbons (Fsp3) is 0.600. The van der Waals surface area contributed by atoms with E-state index >= 15 is 0 Å². The molecular weight excluding hydrogens is 152 g/mol. The molecule has 0 aromatic heterocycles. The summed E-state index contributed by atoms with van der Waals surface area (Å²) in [5, 5.41) is 0. The van der Waals surface area contributed by atoms with Crippen molar-refractivity contribution >= 4 is 0 Å². The van der Waals surface area contributed by atoms with Gasteiger partial charge in [0.2, 0.25) is 0 Å². The van der Waals surface area contributed by atoms with Crippen molar-refractivity contribution in [3.8, 4) is 0 Å². The van der Waals surface area contributed by atoms with E-state index in [1.54, 1.807) is 7.11 Å². The largest absolute Gasteiger partial charge is 0.352 e. The van der Waals surface area contributed by atoms with Gasteiger partial charge in [-0.25, -0.2) is 0 Å². The van der Waals surface area contributed by atoms with Crippen LogP contribution in [0.25, 0.3) is 0 Å². The molecule has 0 aliphatic heterocycles. The fourth-order valence-corrected chi connectivity index (χ4v) is 0.955. The van der Waals surface area contributed by atoms with Crippen LogP contribution in [0, 0.1) is 0 Å². The second-order valence-electron chi connectivity index (χ2n) is 2.31. The zero-order valence-corrected chi connectivity index (χ0v) is 8.33. The van der Waals surface area contributed by atoms with Gasteiger partial charge in [0.15, 0.2) is 6.29 Å². The van der Waals surface area contributed by atoms with Gasteiger partial charge in [-0.2, -0.15) is 0 Å². The lowest BCUT2D eigenvalue weighted by atomic mass is 10.2. The van der Waals surface area contributed by atoms with Gasteiger partial charge in [0.25, 0.3) is 0 Å². The van der Waals surface area contributed by atoms with Gasteiger partial charge in [0.05, 0.1) is 0 Å². The monoisotopic (exact) mass is 170 g/mol. The Labute approximate surface area is 74.9 Å². The molecule has 0 saturated carbocycles. The number of allylic oxidation sites excluding steroid dienone is 2. The number of rotatable bonds is 5. The number of hydrogen-bond donors (Lipinski definition) is 0. The van der Waals surface area contributed by atoms with Crippen molar-refractivity contribution in [1.82, 2.24) is 0 Å². The third-order valence-electron chi connectivity index (χ3n) is 1.50. The molecule has 0 aliphatic rings. The molecule has 1 atom stereocenters. The predicted octanol–water partition coefficient (Wildman–Crippen LogP) is 2.52. The summed E-state index contributed by atoms with van der Waals surface area (Å²) in [6, 6.07) is 0. The van der Waals surface area contributed by atoms with E-state index in [1.807, 2.05) is 39.0 Å². The molecule has 0 fully saturated rings. The van der Waals surface area contributed by atoms with Gasteiger partial charge < -0.3 is 9.47 Å². The standard InChI is InChI=1S/C10H18O2/c1-5-8-9(6-2)10(11-4)12-7-3/h5-6,8,10H,7H2,1-4H3/b8-5-,9-6?. The van der Waals surface area contributed by atoms with Crippen LogP contribution in [0.3, 0.4) is 0 Å². The maximum atomic E-state index is 5.35. The molecule has 0 rings (SSSR count). The van der Waals surface area contributed by atoms with Crippen LogP contribution < -0.4 is 0 Å². The molecule has 0 amide bonds. The highest BCUT2D eigenvalue weighted by Gasteiger charge is 2.08. The minimum absolute atomic E-state index is 0.226. The smallest absolute Gasteiger partial charge is 0.183 e. The summed E-state index contributed by atoms with van der Waals surface area (Å²) in [7, 11) is 1.65. The average molecular weight is 170 g/mol. The highest BCUT2D eigenvalue weighted by atomic mass is 16.7. The highest BCUT2D eigenvalue weighted by Crippen LogP contribution is 2.09. The van der Waals surface area contributed by atoms with Crippen LogP contribution in [-0.4, -0.2) is 20.0 Å². The topological polar surface area (TPSA) is 18.5 Å². The molecule has 12 heavy (non-hydrogen) atoms. The lowest BCUT2D eigenvalue weighted by Crippen LogP contribution is -2.16. The minimum atomic E-state index is -0.226. The second kappa shape index (κ2) is 7.07. The maximum absolute atomic E-state index is 5.35. The van der Waals surface area contributed by atoms with Gasteiger partial charge in [0, 0.05) is 19.3 Å². The van der Waals surface area contributed by atoms with Crippen LogP contribution >= 0.6 is 0 Å². The first-order valence-corrected chi connectivity index (χ1v) is 4.23. The molecule has 70 valence electrons.